The fourth-order valence-electron chi connectivity index (χ4n) is 2.03. The van der Waals surface area contributed by atoms with Crippen molar-refractivity contribution in [2.45, 2.75) is 13.5 Å². The molecule has 0 radical (unpaired) electrons. The summed E-state index contributed by atoms with van der Waals surface area (Å²) >= 11 is 5.92. The largest absolute Gasteiger partial charge is 0.505 e. The van der Waals surface area contributed by atoms with Gasteiger partial charge in [-0.1, -0.05) is 11.6 Å². The Labute approximate surface area is 161 Å². The number of non-ortho nitro benzene ring substituents is 1. The number of nitrogens with zero attached hydrogens (tertiary/aromatic N) is 4. The number of aromatic nitrogens is 1. The lowest BCUT2D eigenvalue weighted by atomic mass is 10.1. The Morgan fingerprint density at radius 3 is 2.64 bits per heavy atom. The average Bonchev–Trinajstić information content (AvgIpc) is 2.61. The highest BCUT2D eigenvalue weighted by molar-refractivity contribution is 7.46. The molecule has 0 aliphatic rings. The molecule has 0 amide bonds. The molecule has 2 rings (SSSR count). The normalized spacial score (nSPS) is 11.7. The number of nitro groups is 1. The molecule has 12 nitrogen and oxygen atoms in total. The van der Waals surface area contributed by atoms with Crippen molar-refractivity contribution in [3.05, 3.63) is 50.2 Å². The standard InChI is InChI=1S/C14H12ClN4O8P/c1-7-13(21)9(5-20)10(6-27-28(24,25)26)14(16-7)18-17-12-4-8(19(22)23)2-3-11(12)15/h2-5,21H,6H2,1H3,(H2,24,25,26)/b18-17+. The van der Waals surface area contributed by atoms with E-state index in [1.807, 2.05) is 0 Å². The first-order valence-corrected chi connectivity index (χ1v) is 9.17. The summed E-state index contributed by atoms with van der Waals surface area (Å²) in [6, 6.07) is 3.44. The number of phosphoric ester groups is 1. The lowest BCUT2D eigenvalue weighted by Gasteiger charge is -2.12. The highest BCUT2D eigenvalue weighted by atomic mass is 35.5. The number of aryl methyl sites for hydroxylation is 1. The molecule has 0 unspecified atom stereocenters. The number of phosphoric acid groups is 1. The van der Waals surface area contributed by atoms with E-state index in [1.54, 1.807) is 0 Å². The predicted octanol–water partition coefficient (Wildman–Crippen LogP) is 3.49. The fraction of sp³-hybridized carbons (Fsp3) is 0.143. The van der Waals surface area contributed by atoms with E-state index in [0.29, 0.717) is 0 Å². The molecule has 0 saturated heterocycles. The number of hydrogen-bond acceptors (Lipinski definition) is 9. The summed E-state index contributed by atoms with van der Waals surface area (Å²) in [5.74, 6) is -0.819. The highest BCUT2D eigenvalue weighted by Gasteiger charge is 2.22. The molecular formula is C14H12ClN4O8P. The van der Waals surface area contributed by atoms with Crippen LogP contribution in [0.2, 0.25) is 5.02 Å². The molecular weight excluding hydrogens is 419 g/mol. The molecule has 1 heterocycles. The van der Waals surface area contributed by atoms with E-state index in [1.165, 1.54) is 13.0 Å². The van der Waals surface area contributed by atoms with Crippen molar-refractivity contribution in [3.63, 3.8) is 0 Å². The van der Waals surface area contributed by atoms with Crippen LogP contribution in [0, 0.1) is 17.0 Å². The number of nitro benzene ring substituents is 1. The first-order chi connectivity index (χ1) is 13.0. The molecule has 0 aliphatic carbocycles. The number of aromatic hydroxyl groups is 1. The molecule has 0 spiro atoms. The number of rotatable bonds is 7. The minimum Gasteiger partial charge on any atom is -0.505 e. The van der Waals surface area contributed by atoms with Crippen molar-refractivity contribution >= 4 is 42.9 Å². The number of benzene rings is 1. The van der Waals surface area contributed by atoms with Crippen molar-refractivity contribution in [2.75, 3.05) is 0 Å². The van der Waals surface area contributed by atoms with Gasteiger partial charge in [0, 0.05) is 17.7 Å². The Balaban J connectivity index is 2.55. The minimum atomic E-state index is -4.90. The van der Waals surface area contributed by atoms with Gasteiger partial charge in [0.2, 0.25) is 0 Å². The maximum atomic E-state index is 11.3. The molecule has 28 heavy (non-hydrogen) atoms. The Morgan fingerprint density at radius 2 is 2.07 bits per heavy atom. The lowest BCUT2D eigenvalue weighted by Crippen LogP contribution is -2.01. The van der Waals surface area contributed by atoms with E-state index >= 15 is 0 Å². The van der Waals surface area contributed by atoms with Gasteiger partial charge in [0.15, 0.2) is 12.1 Å². The predicted molar refractivity (Wildman–Crippen MR) is 95.1 cm³/mol. The quantitative estimate of drug-likeness (QED) is 0.194. The van der Waals surface area contributed by atoms with Crippen LogP contribution in [0.15, 0.2) is 28.4 Å². The second-order valence-electron chi connectivity index (χ2n) is 5.24. The van der Waals surface area contributed by atoms with Gasteiger partial charge in [-0.15, -0.1) is 10.2 Å². The van der Waals surface area contributed by atoms with Gasteiger partial charge in [-0.25, -0.2) is 9.55 Å². The van der Waals surface area contributed by atoms with Gasteiger partial charge in [-0.05, 0) is 13.0 Å². The molecule has 2 aromatic rings. The van der Waals surface area contributed by atoms with Gasteiger partial charge in [0.1, 0.15) is 11.4 Å². The summed E-state index contributed by atoms with van der Waals surface area (Å²) in [7, 11) is -4.90. The van der Waals surface area contributed by atoms with Crippen LogP contribution in [-0.4, -0.2) is 31.1 Å². The minimum absolute atomic E-state index is 0.0129. The molecule has 14 heteroatoms. The third-order valence-corrected chi connectivity index (χ3v) is 4.14. The molecule has 0 atom stereocenters. The molecule has 1 aromatic carbocycles. The number of carbonyl (C=O) groups is 1. The number of aldehydes is 1. The summed E-state index contributed by atoms with van der Waals surface area (Å²) in [6.45, 7) is 0.547. The van der Waals surface area contributed by atoms with Crippen LogP contribution < -0.4 is 0 Å². The summed E-state index contributed by atoms with van der Waals surface area (Å²) in [6.07, 6.45) is 0.238. The van der Waals surface area contributed by atoms with E-state index in [-0.39, 0.29) is 45.3 Å². The second kappa shape index (κ2) is 8.50. The van der Waals surface area contributed by atoms with Gasteiger partial charge in [-0.2, -0.15) is 0 Å². The van der Waals surface area contributed by atoms with Crippen LogP contribution >= 0.6 is 19.4 Å². The zero-order valence-electron chi connectivity index (χ0n) is 14.0. The molecule has 148 valence electrons. The van der Waals surface area contributed by atoms with E-state index in [4.69, 9.17) is 21.4 Å². The third kappa shape index (κ3) is 5.15. The van der Waals surface area contributed by atoms with E-state index in [0.717, 1.165) is 12.1 Å². The van der Waals surface area contributed by atoms with E-state index < -0.39 is 25.1 Å². The van der Waals surface area contributed by atoms with Crippen molar-refractivity contribution in [1.29, 1.82) is 0 Å². The smallest absolute Gasteiger partial charge is 0.469 e. The van der Waals surface area contributed by atoms with Crippen molar-refractivity contribution in [1.82, 2.24) is 4.98 Å². The third-order valence-electron chi connectivity index (χ3n) is 3.35. The van der Waals surface area contributed by atoms with Gasteiger partial charge in [-0.3, -0.25) is 19.4 Å². The van der Waals surface area contributed by atoms with Crippen LogP contribution in [0.3, 0.4) is 0 Å². The Morgan fingerprint density at radius 1 is 1.39 bits per heavy atom. The van der Waals surface area contributed by atoms with E-state index in [9.17, 15) is 24.6 Å². The molecule has 0 fully saturated rings. The molecule has 0 aliphatic heterocycles. The van der Waals surface area contributed by atoms with Crippen LogP contribution in [0.5, 0.6) is 5.75 Å². The second-order valence-corrected chi connectivity index (χ2v) is 6.88. The molecule has 1 aromatic heterocycles. The van der Waals surface area contributed by atoms with Gasteiger partial charge in [0.05, 0.1) is 27.8 Å². The SMILES string of the molecule is Cc1nc(/N=N/c2cc([N+](=O)[O-])ccc2Cl)c(COP(=O)(O)O)c(C=O)c1O. The Kier molecular flexibility index (Phi) is 6.54. The molecule has 0 saturated carbocycles. The first kappa shape index (κ1) is 21.5. The number of carbonyl (C=O) groups excluding carboxylic acids is 1. The monoisotopic (exact) mass is 430 g/mol. The summed E-state index contributed by atoms with van der Waals surface area (Å²) < 4.78 is 15.3. The maximum Gasteiger partial charge on any atom is 0.469 e. The zero-order chi connectivity index (χ0) is 21.1. The van der Waals surface area contributed by atoms with Crippen LogP contribution in [0.25, 0.3) is 0 Å². The summed E-state index contributed by atoms with van der Waals surface area (Å²) in [4.78, 5) is 43.2. The lowest BCUT2D eigenvalue weighted by molar-refractivity contribution is -0.384. The average molecular weight is 431 g/mol. The van der Waals surface area contributed by atoms with Crippen LogP contribution in [0.4, 0.5) is 17.2 Å². The molecule has 3 N–H and O–H groups in total. The van der Waals surface area contributed by atoms with Crippen LogP contribution in [0.1, 0.15) is 21.6 Å². The first-order valence-electron chi connectivity index (χ1n) is 7.27. The number of pyridine rings is 1. The van der Waals surface area contributed by atoms with Crippen molar-refractivity contribution < 1.29 is 33.7 Å². The summed E-state index contributed by atoms with van der Waals surface area (Å²) in [5.41, 5.74) is -0.988. The fourth-order valence-corrected chi connectivity index (χ4v) is 2.48. The molecule has 0 bridgehead atoms. The van der Waals surface area contributed by atoms with Gasteiger partial charge >= 0.3 is 7.82 Å². The maximum absolute atomic E-state index is 11.3. The van der Waals surface area contributed by atoms with Gasteiger partial charge in [0.25, 0.3) is 5.69 Å². The highest BCUT2D eigenvalue weighted by Crippen LogP contribution is 2.40. The van der Waals surface area contributed by atoms with Crippen molar-refractivity contribution in [2.24, 2.45) is 10.2 Å². The number of halogens is 1. The van der Waals surface area contributed by atoms with E-state index in [2.05, 4.69) is 19.7 Å². The Bertz CT molecular complexity index is 1020. The summed E-state index contributed by atoms with van der Waals surface area (Å²) in [5, 5.41) is 28.3. The Hall–Kier alpha value is -2.76. The number of azo groups is 1. The number of hydrogen-bond donors (Lipinski definition) is 3. The van der Waals surface area contributed by atoms with Crippen molar-refractivity contribution in [3.8, 4) is 5.75 Å². The van der Waals surface area contributed by atoms with Crippen LogP contribution in [-0.2, 0) is 15.7 Å². The van der Waals surface area contributed by atoms with Gasteiger partial charge < -0.3 is 14.9 Å². The zero-order valence-corrected chi connectivity index (χ0v) is 15.7. The topological polar surface area (TPSA) is 185 Å².